The number of hydrogen-bond acceptors (Lipinski definition) is 7. The van der Waals surface area contributed by atoms with Crippen molar-refractivity contribution in [2.75, 3.05) is 56.2 Å². The number of rotatable bonds is 5. The van der Waals surface area contributed by atoms with Crippen LogP contribution in [0.4, 0.5) is 11.4 Å². The van der Waals surface area contributed by atoms with Crippen LogP contribution in [0, 0.1) is 0 Å². The fourth-order valence-corrected chi connectivity index (χ4v) is 5.70. The van der Waals surface area contributed by atoms with E-state index in [2.05, 4.69) is 20.2 Å². The molecule has 0 radical (unpaired) electrons. The maximum atomic E-state index is 13.5. The Morgan fingerprint density at radius 1 is 1.03 bits per heavy atom. The maximum absolute atomic E-state index is 13.5. The number of ether oxygens (including phenoxy) is 1. The van der Waals surface area contributed by atoms with Gasteiger partial charge in [-0.15, -0.1) is 0 Å². The zero-order valence-electron chi connectivity index (χ0n) is 17.6. The summed E-state index contributed by atoms with van der Waals surface area (Å²) in [6.07, 6.45) is 2.73. The topological polar surface area (TPSA) is 79.7 Å². The van der Waals surface area contributed by atoms with E-state index in [4.69, 9.17) is 4.74 Å². The summed E-state index contributed by atoms with van der Waals surface area (Å²) in [4.78, 5) is 4.67. The van der Waals surface area contributed by atoms with Crippen molar-refractivity contribution in [3.63, 3.8) is 0 Å². The van der Waals surface area contributed by atoms with E-state index in [1.165, 1.54) is 0 Å². The standard InChI is InChI=1S/C22H27N5O3S/c1-30-20-7-10-26(16-20)18-3-2-4-21(13-18)31(28,29)27-22-14-19(6-5-17(22)15-24-27)25-11-8-23-9-12-25/h2-6,13-15,20,23H,7-12,16H2,1H3/t20-/m0/s1. The van der Waals surface area contributed by atoms with Gasteiger partial charge in [0.2, 0.25) is 0 Å². The van der Waals surface area contributed by atoms with Gasteiger partial charge >= 0.3 is 0 Å². The molecule has 1 aromatic heterocycles. The smallest absolute Gasteiger partial charge is 0.283 e. The minimum Gasteiger partial charge on any atom is -0.380 e. The second kappa shape index (κ2) is 8.14. The summed E-state index contributed by atoms with van der Waals surface area (Å²) >= 11 is 0. The summed E-state index contributed by atoms with van der Waals surface area (Å²) in [5.41, 5.74) is 2.50. The van der Waals surface area contributed by atoms with E-state index < -0.39 is 10.0 Å². The minimum absolute atomic E-state index is 0.179. The molecule has 3 heterocycles. The fraction of sp³-hybridized carbons (Fsp3) is 0.409. The highest BCUT2D eigenvalue weighted by Crippen LogP contribution is 2.28. The van der Waals surface area contributed by atoms with E-state index in [9.17, 15) is 8.42 Å². The van der Waals surface area contributed by atoms with Gasteiger partial charge in [-0.3, -0.25) is 0 Å². The molecule has 2 saturated heterocycles. The quantitative estimate of drug-likeness (QED) is 0.648. The predicted octanol–water partition coefficient (Wildman–Crippen LogP) is 1.91. The number of nitrogens with one attached hydrogen (secondary N) is 1. The van der Waals surface area contributed by atoms with Crippen molar-refractivity contribution in [2.24, 2.45) is 0 Å². The Balaban J connectivity index is 1.50. The Bertz CT molecular complexity index is 1190. The Morgan fingerprint density at radius 2 is 1.84 bits per heavy atom. The molecule has 164 valence electrons. The van der Waals surface area contributed by atoms with Crippen molar-refractivity contribution in [1.29, 1.82) is 0 Å². The van der Waals surface area contributed by atoms with Gasteiger partial charge in [-0.25, -0.2) is 0 Å². The highest BCUT2D eigenvalue weighted by Gasteiger charge is 2.25. The molecule has 31 heavy (non-hydrogen) atoms. The lowest BCUT2D eigenvalue weighted by Gasteiger charge is -2.29. The number of aromatic nitrogens is 2. The normalized spacial score (nSPS) is 20.0. The number of piperazine rings is 1. The molecule has 2 fully saturated rings. The molecule has 5 rings (SSSR count). The van der Waals surface area contributed by atoms with E-state index in [0.717, 1.165) is 66.5 Å². The van der Waals surface area contributed by atoms with Gasteiger partial charge in [-0.1, -0.05) is 6.07 Å². The molecule has 2 aliphatic heterocycles. The fourth-order valence-electron chi connectivity index (χ4n) is 4.39. The van der Waals surface area contributed by atoms with Gasteiger partial charge < -0.3 is 19.9 Å². The molecule has 0 spiro atoms. The van der Waals surface area contributed by atoms with Crippen LogP contribution in [-0.4, -0.2) is 70.1 Å². The van der Waals surface area contributed by atoms with Gasteiger partial charge in [0.15, 0.2) is 0 Å². The highest BCUT2D eigenvalue weighted by molar-refractivity contribution is 7.90. The first-order valence-electron chi connectivity index (χ1n) is 10.6. The van der Waals surface area contributed by atoms with E-state index in [0.29, 0.717) is 5.52 Å². The first-order valence-corrected chi connectivity index (χ1v) is 12.1. The number of methoxy groups -OCH3 is 1. The third-order valence-corrected chi connectivity index (χ3v) is 7.79. The monoisotopic (exact) mass is 441 g/mol. The summed E-state index contributed by atoms with van der Waals surface area (Å²) in [5, 5.41) is 8.39. The first-order chi connectivity index (χ1) is 15.1. The van der Waals surface area contributed by atoms with Crippen LogP contribution in [0.1, 0.15) is 6.42 Å². The van der Waals surface area contributed by atoms with Crippen molar-refractivity contribution >= 4 is 32.3 Å². The van der Waals surface area contributed by atoms with E-state index in [1.807, 2.05) is 24.3 Å². The zero-order chi connectivity index (χ0) is 21.4. The van der Waals surface area contributed by atoms with Gasteiger partial charge in [-0.05, 0) is 42.8 Å². The SMILES string of the molecule is CO[C@H]1CCN(c2cccc(S(=O)(=O)n3ncc4ccc(N5CCNCC5)cc43)c2)C1. The van der Waals surface area contributed by atoms with Crippen LogP contribution in [0.15, 0.2) is 53.6 Å². The molecular weight excluding hydrogens is 414 g/mol. The number of fused-ring (bicyclic) bond motifs is 1. The average Bonchev–Trinajstić information content (AvgIpc) is 3.47. The third-order valence-electron chi connectivity index (χ3n) is 6.19. The first kappa shape index (κ1) is 20.3. The molecule has 0 unspecified atom stereocenters. The third kappa shape index (κ3) is 3.77. The van der Waals surface area contributed by atoms with E-state index >= 15 is 0 Å². The molecule has 9 heteroatoms. The van der Waals surface area contributed by atoms with E-state index in [1.54, 1.807) is 31.5 Å². The number of hydrogen-bond donors (Lipinski definition) is 1. The molecule has 1 atom stereocenters. The highest BCUT2D eigenvalue weighted by atomic mass is 32.2. The van der Waals surface area contributed by atoms with Gasteiger partial charge in [0, 0.05) is 63.1 Å². The Morgan fingerprint density at radius 3 is 2.61 bits per heavy atom. The molecule has 1 N–H and O–H groups in total. The summed E-state index contributed by atoms with van der Waals surface area (Å²) < 4.78 is 33.6. The maximum Gasteiger partial charge on any atom is 0.283 e. The number of anilines is 2. The Labute approximate surface area is 182 Å². The second-order valence-electron chi connectivity index (χ2n) is 8.06. The van der Waals surface area contributed by atoms with Crippen LogP contribution in [0.25, 0.3) is 10.9 Å². The predicted molar refractivity (Wildman–Crippen MR) is 121 cm³/mol. The molecule has 0 aliphatic carbocycles. The molecule has 8 nitrogen and oxygen atoms in total. The molecule has 0 amide bonds. The van der Waals surface area contributed by atoms with Gasteiger partial charge in [0.1, 0.15) is 0 Å². The minimum atomic E-state index is -3.82. The van der Waals surface area contributed by atoms with Crippen LogP contribution in [-0.2, 0) is 14.8 Å². The Hall–Kier alpha value is -2.62. The van der Waals surface area contributed by atoms with Crippen LogP contribution in [0.2, 0.25) is 0 Å². The van der Waals surface area contributed by atoms with Gasteiger partial charge in [0.25, 0.3) is 10.0 Å². The zero-order valence-corrected chi connectivity index (χ0v) is 18.4. The van der Waals surface area contributed by atoms with Crippen molar-refractivity contribution in [3.8, 4) is 0 Å². The summed E-state index contributed by atoms with van der Waals surface area (Å²) in [6, 6.07) is 13.0. The van der Waals surface area contributed by atoms with Crippen molar-refractivity contribution < 1.29 is 13.2 Å². The van der Waals surface area contributed by atoms with Crippen molar-refractivity contribution in [1.82, 2.24) is 14.5 Å². The van der Waals surface area contributed by atoms with E-state index in [-0.39, 0.29) is 11.0 Å². The largest absolute Gasteiger partial charge is 0.380 e. The second-order valence-corrected chi connectivity index (χ2v) is 9.83. The van der Waals surface area contributed by atoms with Gasteiger partial charge in [-0.2, -0.15) is 17.6 Å². The summed E-state index contributed by atoms with van der Waals surface area (Å²) in [5.74, 6) is 0. The number of benzene rings is 2. The molecule has 3 aromatic rings. The molecule has 0 bridgehead atoms. The van der Waals surface area contributed by atoms with Gasteiger partial charge in [0.05, 0.1) is 22.7 Å². The molecular formula is C22H27N5O3S. The number of nitrogens with zero attached hydrogens (tertiary/aromatic N) is 4. The van der Waals surface area contributed by atoms with Crippen LogP contribution < -0.4 is 15.1 Å². The lowest BCUT2D eigenvalue weighted by atomic mass is 10.2. The summed E-state index contributed by atoms with van der Waals surface area (Å²) in [6.45, 7) is 5.24. The molecule has 2 aliphatic rings. The summed E-state index contributed by atoms with van der Waals surface area (Å²) in [7, 11) is -2.11. The molecule has 0 saturated carbocycles. The molecule has 2 aromatic carbocycles. The Kier molecular flexibility index (Phi) is 5.33. The van der Waals surface area contributed by atoms with Crippen molar-refractivity contribution in [3.05, 3.63) is 48.7 Å². The van der Waals surface area contributed by atoms with Crippen LogP contribution in [0.3, 0.4) is 0 Å². The van der Waals surface area contributed by atoms with Crippen molar-refractivity contribution in [2.45, 2.75) is 17.4 Å². The van der Waals surface area contributed by atoms with Crippen LogP contribution in [0.5, 0.6) is 0 Å². The lowest BCUT2D eigenvalue weighted by molar-refractivity contribution is 0.121. The van der Waals surface area contributed by atoms with Crippen LogP contribution >= 0.6 is 0 Å². The lowest BCUT2D eigenvalue weighted by Crippen LogP contribution is -2.43. The average molecular weight is 442 g/mol.